The van der Waals surface area contributed by atoms with Crippen LogP contribution in [0.4, 0.5) is 0 Å². The maximum absolute atomic E-state index is 13.3. The first-order valence-corrected chi connectivity index (χ1v) is 37.1. The topological polar surface area (TPSA) is 228 Å². The van der Waals surface area contributed by atoms with Crippen LogP contribution in [0.1, 0.15) is 258 Å². The second-order valence-corrected chi connectivity index (χ2v) is 25.3. The summed E-state index contributed by atoms with van der Waals surface area (Å²) >= 11 is 0. The number of hydrogen-bond acceptors (Lipinski definition) is 13. The fourth-order valence-electron chi connectivity index (χ4n) is 11.1. The normalized spacial score (nSPS) is 23.3. The van der Waals surface area contributed by atoms with Crippen molar-refractivity contribution in [1.29, 1.82) is 0 Å². The number of amides is 1. The first-order chi connectivity index (χ1) is 46.1. The van der Waals surface area contributed by atoms with Crippen LogP contribution in [0.5, 0.6) is 0 Å². The van der Waals surface area contributed by atoms with Crippen molar-refractivity contribution in [1.82, 2.24) is 5.32 Å². The second-order valence-electron chi connectivity index (χ2n) is 25.3. The van der Waals surface area contributed by atoms with Gasteiger partial charge >= 0.3 is 0 Å². The lowest BCUT2D eigenvalue weighted by Crippen LogP contribution is -2.65. The lowest BCUT2D eigenvalue weighted by molar-refractivity contribution is -0.359. The maximum atomic E-state index is 13.3. The van der Waals surface area contributed by atoms with E-state index in [4.69, 9.17) is 18.9 Å². The number of nitrogens with one attached hydrogen (secondary N) is 1. The van der Waals surface area contributed by atoms with Gasteiger partial charge in [-0.1, -0.05) is 282 Å². The summed E-state index contributed by atoms with van der Waals surface area (Å²) in [6.45, 7) is 2.65. The van der Waals surface area contributed by atoms with Gasteiger partial charge in [-0.3, -0.25) is 4.79 Å². The molecule has 94 heavy (non-hydrogen) atoms. The van der Waals surface area contributed by atoms with Gasteiger partial charge in [0.15, 0.2) is 12.6 Å². The lowest BCUT2D eigenvalue weighted by Gasteiger charge is -2.46. The molecule has 2 rings (SSSR count). The van der Waals surface area contributed by atoms with E-state index in [0.29, 0.717) is 12.8 Å². The molecule has 0 aromatic carbocycles. The molecule has 12 atom stereocenters. The van der Waals surface area contributed by atoms with Crippen molar-refractivity contribution in [2.24, 2.45) is 0 Å². The van der Waals surface area contributed by atoms with Crippen LogP contribution in [0.2, 0.25) is 0 Å². The minimum absolute atomic E-state index is 0.220. The first-order valence-electron chi connectivity index (χ1n) is 37.1. The summed E-state index contributed by atoms with van der Waals surface area (Å²) in [5, 5.41) is 87.5. The molecule has 0 bridgehead atoms. The predicted octanol–water partition coefficient (Wildman–Crippen LogP) is 16.0. The van der Waals surface area contributed by atoms with E-state index < -0.39 is 86.8 Å². The Labute approximate surface area is 570 Å². The Kier molecular flexibility index (Phi) is 57.1. The Morgan fingerprint density at radius 1 is 0.394 bits per heavy atom. The highest BCUT2D eigenvalue weighted by Crippen LogP contribution is 2.30. The van der Waals surface area contributed by atoms with E-state index in [9.17, 15) is 45.6 Å². The van der Waals surface area contributed by atoms with Gasteiger partial charge in [0.25, 0.3) is 0 Å². The third-order valence-electron chi connectivity index (χ3n) is 17.0. The molecule has 1 amide bonds. The highest BCUT2D eigenvalue weighted by atomic mass is 16.7. The maximum Gasteiger partial charge on any atom is 0.220 e. The fourth-order valence-corrected chi connectivity index (χ4v) is 11.1. The number of unbranched alkanes of at least 4 members (excludes halogenated alkanes) is 24. The third kappa shape index (κ3) is 45.4. The minimum atomic E-state index is -1.81. The van der Waals surface area contributed by atoms with Crippen molar-refractivity contribution in [2.45, 2.75) is 331 Å². The number of allylic oxidation sites excluding steroid dienone is 23. The van der Waals surface area contributed by atoms with E-state index in [1.54, 1.807) is 6.08 Å². The molecule has 2 fully saturated rings. The molecule has 2 aliphatic rings. The van der Waals surface area contributed by atoms with Crippen LogP contribution in [-0.2, 0) is 23.7 Å². The molecule has 2 saturated heterocycles. The van der Waals surface area contributed by atoms with Gasteiger partial charge in [-0.2, -0.15) is 0 Å². The summed E-state index contributed by atoms with van der Waals surface area (Å²) < 4.78 is 22.8. The number of aliphatic hydroxyl groups is 8. The molecule has 0 aromatic heterocycles. The molecule has 0 radical (unpaired) electrons. The molecule has 0 aromatic rings. The second kappa shape index (κ2) is 62.4. The minimum Gasteiger partial charge on any atom is -0.394 e. The number of hydrogen-bond donors (Lipinski definition) is 9. The van der Waals surface area contributed by atoms with Crippen LogP contribution < -0.4 is 5.32 Å². The highest BCUT2D eigenvalue weighted by molar-refractivity contribution is 5.76. The third-order valence-corrected chi connectivity index (χ3v) is 17.0. The van der Waals surface area contributed by atoms with E-state index in [-0.39, 0.29) is 18.9 Å². The van der Waals surface area contributed by atoms with Crippen LogP contribution in [0.3, 0.4) is 0 Å². The molecule has 12 unspecified atom stereocenters. The molecule has 2 aliphatic heterocycles. The quantitative estimate of drug-likeness (QED) is 0.0204. The Hall–Kier alpha value is -4.13. The molecule has 536 valence electrons. The smallest absolute Gasteiger partial charge is 0.220 e. The van der Waals surface area contributed by atoms with Crippen LogP contribution in [0.15, 0.2) is 146 Å². The van der Waals surface area contributed by atoms with Crippen LogP contribution in [-0.4, -0.2) is 140 Å². The highest BCUT2D eigenvalue weighted by Gasteiger charge is 2.51. The van der Waals surface area contributed by atoms with Crippen molar-refractivity contribution in [3.63, 3.8) is 0 Å². The lowest BCUT2D eigenvalue weighted by atomic mass is 9.97. The van der Waals surface area contributed by atoms with E-state index in [1.807, 2.05) is 6.08 Å². The zero-order valence-electron chi connectivity index (χ0n) is 58.4. The van der Waals surface area contributed by atoms with Gasteiger partial charge in [0.1, 0.15) is 48.8 Å². The molecule has 0 aliphatic carbocycles. The van der Waals surface area contributed by atoms with Crippen molar-refractivity contribution in [2.75, 3.05) is 19.8 Å². The zero-order chi connectivity index (χ0) is 68.0. The molecular formula is C80H133NO13. The number of rotatable bonds is 59. The molecular weight excluding hydrogens is 1180 g/mol. The van der Waals surface area contributed by atoms with Crippen LogP contribution >= 0.6 is 0 Å². The summed E-state index contributed by atoms with van der Waals surface area (Å²) in [5.74, 6) is -0.290. The van der Waals surface area contributed by atoms with Gasteiger partial charge in [-0.05, 0) is 116 Å². The van der Waals surface area contributed by atoms with Gasteiger partial charge < -0.3 is 65.1 Å². The van der Waals surface area contributed by atoms with E-state index in [2.05, 4.69) is 153 Å². The first kappa shape index (κ1) is 86.0. The number of aliphatic hydroxyl groups excluding tert-OH is 8. The number of carbonyl (C=O) groups excluding carboxylic acids is 1. The van der Waals surface area contributed by atoms with Gasteiger partial charge in [0.05, 0.1) is 32.0 Å². The summed E-state index contributed by atoms with van der Waals surface area (Å²) in [4.78, 5) is 13.3. The molecule has 0 saturated carbocycles. The summed E-state index contributed by atoms with van der Waals surface area (Å²) in [6, 6.07) is -0.970. The summed E-state index contributed by atoms with van der Waals surface area (Å²) in [6.07, 6.45) is 77.6. The molecule has 9 N–H and O–H groups in total. The zero-order valence-corrected chi connectivity index (χ0v) is 58.4. The largest absolute Gasteiger partial charge is 0.394 e. The Morgan fingerprint density at radius 2 is 0.745 bits per heavy atom. The summed E-state index contributed by atoms with van der Waals surface area (Å²) in [7, 11) is 0. The SMILES string of the molecule is CC/C=C\C/C=C\C/C=C\C/C=C\C/C=C\C/C=C\C/C=C\C/C=C\C/C=C\CCCCCC(=O)NC(COC1OC(CO)C(OC2OC(CO)C(O)C(O)C2O)C(O)C1O)C(O)/C=C/CC/C=C/CC/C=C/CCCCCCCCCCCCCCCCCCCCC. The van der Waals surface area contributed by atoms with E-state index in [0.717, 1.165) is 103 Å². The number of carbonyl (C=O) groups is 1. The molecule has 14 nitrogen and oxygen atoms in total. The van der Waals surface area contributed by atoms with E-state index in [1.165, 1.54) is 122 Å². The Balaban J connectivity index is 1.72. The predicted molar refractivity (Wildman–Crippen MR) is 387 cm³/mol. The monoisotopic (exact) mass is 1320 g/mol. The summed E-state index contributed by atoms with van der Waals surface area (Å²) in [5.41, 5.74) is 0. The molecule has 0 spiro atoms. The van der Waals surface area contributed by atoms with Gasteiger partial charge in [-0.25, -0.2) is 0 Å². The van der Waals surface area contributed by atoms with Crippen molar-refractivity contribution in [3.05, 3.63) is 146 Å². The fraction of sp³-hybridized carbons (Fsp3) is 0.688. The van der Waals surface area contributed by atoms with Crippen molar-refractivity contribution < 1.29 is 64.6 Å². The molecule has 2 heterocycles. The van der Waals surface area contributed by atoms with Crippen molar-refractivity contribution in [3.8, 4) is 0 Å². The average molecular weight is 1320 g/mol. The van der Waals surface area contributed by atoms with Crippen LogP contribution in [0.25, 0.3) is 0 Å². The molecule has 14 heteroatoms. The Bertz CT molecular complexity index is 2140. The van der Waals surface area contributed by atoms with Gasteiger partial charge in [-0.15, -0.1) is 0 Å². The average Bonchev–Trinajstić information content (AvgIpc) is 0.794. The van der Waals surface area contributed by atoms with E-state index >= 15 is 0 Å². The van der Waals surface area contributed by atoms with Gasteiger partial charge in [0.2, 0.25) is 5.91 Å². The standard InChI is InChI=1S/C80H133NO13/c1-3-5-7-9-11-13-15-17-19-21-23-25-27-29-31-33-34-36-38-40-42-44-46-48-50-52-54-56-58-60-62-64-72(85)81-68(67-91-79-77(90)75(88)78(71(66-83)93-79)94-80-76(89)74(87)73(86)70(65-82)92-80)69(84)63-61-59-57-55-53-51-49-47-45-43-41-39-37-35-32-30-28-26-24-22-20-18-16-14-12-10-8-6-4-2/h5,7,11,13,17,19,23,25,29,31,34,36,40,42,45-48,52-55,61,63,68-71,73-80,82-84,86-90H,3-4,6,8-10,12,14-16,18,20-22,24,26-28,30,32-33,35,37-39,41,43-44,49-51,56-60,62,64-67H2,1-2H3,(H,81,85)/b7-5-,13-11-,19-17-,25-23-,31-29-,36-34-,42-40-,47-45+,48-46-,54-52-,55-53+,63-61+. The number of ether oxygens (including phenoxy) is 4. The van der Waals surface area contributed by atoms with Crippen LogP contribution in [0, 0.1) is 0 Å². The Morgan fingerprint density at radius 3 is 1.17 bits per heavy atom. The van der Waals surface area contributed by atoms with Gasteiger partial charge in [0, 0.05) is 6.42 Å². The van der Waals surface area contributed by atoms with Crippen molar-refractivity contribution >= 4 is 5.91 Å².